The molecule has 0 fully saturated rings. The van der Waals surface area contributed by atoms with Gasteiger partial charge in [-0.15, -0.1) is 22.7 Å². The maximum absolute atomic E-state index is 6.21. The van der Waals surface area contributed by atoms with Gasteiger partial charge in [0.25, 0.3) is 0 Å². The molecule has 0 amide bonds. The summed E-state index contributed by atoms with van der Waals surface area (Å²) in [6.45, 7) is 10.2. The van der Waals surface area contributed by atoms with Crippen molar-refractivity contribution in [1.29, 1.82) is 0 Å². The Morgan fingerprint density at radius 1 is 0.362 bits per heavy atom. The average Bonchev–Trinajstić information content (AvgIpc) is 4.39. The molecule has 0 saturated heterocycles. The van der Waals surface area contributed by atoms with Crippen molar-refractivity contribution in [3.63, 3.8) is 0 Å². The second-order valence-corrected chi connectivity index (χ2v) is 23.9. The topological polar surface area (TPSA) is 75.4 Å². The molecule has 0 unspecified atom stereocenters. The summed E-state index contributed by atoms with van der Waals surface area (Å²) in [5.41, 5.74) is 16.7. The molecule has 1 aliphatic rings. The number of aryl methyl sites for hydroxylation is 2. The summed E-state index contributed by atoms with van der Waals surface area (Å²) in [6, 6.07) is 61.1. The Kier molecular flexibility index (Phi) is 18.0. The van der Waals surface area contributed by atoms with Crippen LogP contribution in [0.1, 0.15) is 102 Å². The maximum Gasteiger partial charge on any atom is 0.119 e. The van der Waals surface area contributed by atoms with Crippen LogP contribution in [0.4, 0.5) is 45.5 Å². The number of aromatic nitrogens is 2. The summed E-state index contributed by atoms with van der Waals surface area (Å²) in [7, 11) is 0. The van der Waals surface area contributed by atoms with Crippen LogP contribution in [0, 0.1) is 13.8 Å². The van der Waals surface area contributed by atoms with E-state index in [2.05, 4.69) is 207 Å². The van der Waals surface area contributed by atoms with Gasteiger partial charge < -0.3 is 19.3 Å². The molecule has 1 aliphatic heterocycles. The quantitative estimate of drug-likeness (QED) is 0.0503. The van der Waals surface area contributed by atoms with E-state index in [1.54, 1.807) is 22.7 Å². The van der Waals surface area contributed by atoms with E-state index in [0.29, 0.717) is 0 Å². The Balaban J connectivity index is 0.829. The highest BCUT2D eigenvalue weighted by atomic mass is 32.1. The van der Waals surface area contributed by atoms with Gasteiger partial charge in [-0.2, -0.15) is 17.5 Å². The summed E-state index contributed by atoms with van der Waals surface area (Å²) in [5, 5.41) is 0. The molecule has 11 rings (SSSR count). The van der Waals surface area contributed by atoms with Crippen molar-refractivity contribution < 1.29 is 9.47 Å². The van der Waals surface area contributed by atoms with Gasteiger partial charge in [-0.1, -0.05) is 138 Å². The average molecular weight is 1130 g/mol. The second-order valence-electron chi connectivity index (χ2n) is 20.7. The predicted octanol–water partition coefficient (Wildman–Crippen LogP) is 22.2. The Morgan fingerprint density at radius 3 is 1.06 bits per heavy atom. The number of fused-ring (bicyclic) bond motifs is 2. The van der Waals surface area contributed by atoms with Crippen LogP contribution in [0.25, 0.3) is 52.8 Å². The van der Waals surface area contributed by atoms with Gasteiger partial charge in [-0.25, -0.2) is 0 Å². The van der Waals surface area contributed by atoms with Crippen molar-refractivity contribution in [2.24, 2.45) is 8.73 Å². The van der Waals surface area contributed by atoms with E-state index >= 15 is 0 Å². The minimum atomic E-state index is 0.738. The normalized spacial score (nSPS) is 11.8. The highest BCUT2D eigenvalue weighted by Crippen LogP contribution is 2.55. The summed E-state index contributed by atoms with van der Waals surface area (Å²) < 4.78 is 32.2. The van der Waals surface area contributed by atoms with Crippen molar-refractivity contribution in [2.75, 3.05) is 23.0 Å². The van der Waals surface area contributed by atoms with E-state index in [-0.39, 0.29) is 0 Å². The van der Waals surface area contributed by atoms with Crippen LogP contribution < -0.4 is 19.3 Å². The fourth-order valence-corrected chi connectivity index (χ4v) is 13.6. The first-order valence-corrected chi connectivity index (χ1v) is 31.5. The molecule has 12 heteroatoms. The first-order chi connectivity index (χ1) is 39.4. The number of unbranched alkanes of at least 4 members (excludes halogenated alkanes) is 10. The summed E-state index contributed by atoms with van der Waals surface area (Å²) in [5.74, 6) is 1.80. The number of anilines is 6. The Hall–Kier alpha value is -7.22. The number of hydrogen-bond donors (Lipinski definition) is 0. The molecule has 10 aromatic rings. The van der Waals surface area contributed by atoms with Crippen molar-refractivity contribution in [2.45, 2.75) is 105 Å². The van der Waals surface area contributed by atoms with Crippen molar-refractivity contribution in [1.82, 2.24) is 8.75 Å². The molecule has 406 valence electrons. The third kappa shape index (κ3) is 12.7. The van der Waals surface area contributed by atoms with Crippen LogP contribution in [0.3, 0.4) is 0 Å². The standard InChI is InChI=1S/C68H68N6O2S4/c1-5-7-9-11-13-15-45-75-57-37-33-55(34-38-57)74(56-35-39-58(40-36-56)76-46-16-14-12-10-8-6-2)54-31-23-50(24-32-54)60-42-44-62(78-60)64-67-65(69-79-71-67)63(66-68(64)72-80-70-66)61-43-41-59(77-61)49-21-29-53(30-22-49)73(51-25-17-47(3)18-26-51)52-27-19-48(4)20-28-52/h17-44H,5-16,45-46H2,1-4H3. The zero-order chi connectivity index (χ0) is 54.6. The third-order valence-corrected chi connectivity index (χ3v) is 18.1. The molecular formula is C68H68N6O2S4. The lowest BCUT2D eigenvalue weighted by Crippen LogP contribution is -2.10. The molecule has 0 radical (unpaired) electrons. The summed E-state index contributed by atoms with van der Waals surface area (Å²) in [6.07, 6.45) is 14.9. The highest BCUT2D eigenvalue weighted by molar-refractivity contribution is 7.58. The Morgan fingerprint density at radius 2 is 0.688 bits per heavy atom. The number of thiophene rings is 2. The van der Waals surface area contributed by atoms with E-state index in [0.717, 1.165) is 131 Å². The van der Waals surface area contributed by atoms with E-state index < -0.39 is 0 Å². The van der Waals surface area contributed by atoms with Gasteiger partial charge in [0.05, 0.1) is 36.3 Å². The Labute approximate surface area is 488 Å². The van der Waals surface area contributed by atoms with Gasteiger partial charge in [0.1, 0.15) is 33.9 Å². The third-order valence-electron chi connectivity index (χ3n) is 14.8. The highest BCUT2D eigenvalue weighted by Gasteiger charge is 2.28. The fraction of sp³-hybridized carbons (Fsp3) is 0.265. The van der Waals surface area contributed by atoms with E-state index in [1.165, 1.54) is 103 Å². The van der Waals surface area contributed by atoms with Crippen LogP contribution >= 0.6 is 34.4 Å². The van der Waals surface area contributed by atoms with Crippen LogP contribution in [0.2, 0.25) is 0 Å². The zero-order valence-electron chi connectivity index (χ0n) is 46.2. The molecule has 0 aliphatic carbocycles. The van der Waals surface area contributed by atoms with Crippen LogP contribution in [0.5, 0.6) is 11.5 Å². The monoisotopic (exact) mass is 1130 g/mol. The molecule has 4 heterocycles. The number of nitrogens with zero attached hydrogens (tertiary/aromatic N) is 6. The molecule has 80 heavy (non-hydrogen) atoms. The SMILES string of the molecule is CCCCCCCCOc1ccc(N(c2ccc(OCCCCCCCC)cc2)c2ccc(-c3ccc(-c4c5c(c(-c6ccc(-c7ccc(N(c8ccc(C)cc8)c8ccc(C)cc8)cc7)s6)c6nsnc46)N=S=N5)s3)cc2)cc1. The van der Waals surface area contributed by atoms with Crippen LogP contribution in [0.15, 0.2) is 179 Å². The number of hydrogen-bond acceptors (Lipinski definition) is 11. The smallest absolute Gasteiger partial charge is 0.119 e. The molecule has 8 nitrogen and oxygen atoms in total. The zero-order valence-corrected chi connectivity index (χ0v) is 49.5. The van der Waals surface area contributed by atoms with Gasteiger partial charge in [-0.05, 0) is 159 Å². The number of rotatable bonds is 26. The summed E-state index contributed by atoms with van der Waals surface area (Å²) >= 11 is 5.98. The lowest BCUT2D eigenvalue weighted by atomic mass is 10.0. The minimum absolute atomic E-state index is 0.738. The van der Waals surface area contributed by atoms with Gasteiger partial charge in [0.2, 0.25) is 0 Å². The molecule has 0 saturated carbocycles. The van der Waals surface area contributed by atoms with Crippen LogP contribution in [-0.2, 0) is 11.4 Å². The largest absolute Gasteiger partial charge is 0.494 e. The lowest BCUT2D eigenvalue weighted by molar-refractivity contribution is 0.304. The molecular weight excluding hydrogens is 1060 g/mol. The van der Waals surface area contributed by atoms with Gasteiger partial charge in [0, 0.05) is 64.8 Å². The first kappa shape index (κ1) is 54.7. The van der Waals surface area contributed by atoms with Gasteiger partial charge in [0.15, 0.2) is 0 Å². The van der Waals surface area contributed by atoms with Crippen molar-refractivity contribution in [3.05, 3.63) is 181 Å². The fourth-order valence-electron chi connectivity index (χ4n) is 10.3. The molecule has 0 bridgehead atoms. The van der Waals surface area contributed by atoms with E-state index in [1.807, 2.05) is 0 Å². The van der Waals surface area contributed by atoms with Crippen molar-refractivity contribution >= 4 is 102 Å². The van der Waals surface area contributed by atoms with Crippen molar-refractivity contribution in [3.8, 4) is 53.3 Å². The predicted molar refractivity (Wildman–Crippen MR) is 343 cm³/mol. The van der Waals surface area contributed by atoms with E-state index in [9.17, 15) is 0 Å². The van der Waals surface area contributed by atoms with Gasteiger partial charge in [-0.3, -0.25) is 0 Å². The lowest BCUT2D eigenvalue weighted by Gasteiger charge is -2.26. The molecule has 0 spiro atoms. The summed E-state index contributed by atoms with van der Waals surface area (Å²) in [4.78, 5) is 9.12. The molecule has 3 aromatic heterocycles. The second kappa shape index (κ2) is 26.4. The number of benzene rings is 7. The molecule has 0 atom stereocenters. The first-order valence-electron chi connectivity index (χ1n) is 28.4. The van der Waals surface area contributed by atoms with E-state index in [4.69, 9.17) is 26.9 Å². The number of ether oxygens (including phenoxy) is 2. The van der Waals surface area contributed by atoms with Crippen LogP contribution in [-0.4, -0.2) is 22.0 Å². The molecule has 7 aromatic carbocycles. The Bertz CT molecular complexity index is 3590. The maximum atomic E-state index is 6.21. The van der Waals surface area contributed by atoms with Gasteiger partial charge >= 0.3 is 0 Å². The minimum Gasteiger partial charge on any atom is -0.494 e. The molecule has 0 N–H and O–H groups in total.